The SMILES string of the molecule is CCCCOCCC1(CN)CCC(CC)CC1. The summed E-state index contributed by atoms with van der Waals surface area (Å²) in [6.45, 7) is 7.20. The second-order valence-electron chi connectivity index (χ2n) is 5.77. The van der Waals surface area contributed by atoms with Gasteiger partial charge in [-0.25, -0.2) is 0 Å². The lowest BCUT2D eigenvalue weighted by atomic mass is 9.68. The Hall–Kier alpha value is -0.0800. The summed E-state index contributed by atoms with van der Waals surface area (Å²) in [6, 6.07) is 0. The molecule has 1 aliphatic carbocycles. The third-order valence-electron chi connectivity index (χ3n) is 4.60. The van der Waals surface area contributed by atoms with Gasteiger partial charge in [0.25, 0.3) is 0 Å². The first-order chi connectivity index (χ1) is 8.26. The van der Waals surface area contributed by atoms with E-state index in [0.717, 1.165) is 25.7 Å². The van der Waals surface area contributed by atoms with Gasteiger partial charge in [0.15, 0.2) is 0 Å². The maximum absolute atomic E-state index is 6.01. The summed E-state index contributed by atoms with van der Waals surface area (Å²) in [5.74, 6) is 0.954. The Balaban J connectivity index is 2.22. The van der Waals surface area contributed by atoms with Crippen LogP contribution in [0.4, 0.5) is 0 Å². The first-order valence-corrected chi connectivity index (χ1v) is 7.54. The molecule has 0 aliphatic heterocycles. The predicted octanol–water partition coefficient (Wildman–Crippen LogP) is 3.74. The van der Waals surface area contributed by atoms with Crippen LogP contribution in [0.1, 0.15) is 65.2 Å². The highest BCUT2D eigenvalue weighted by atomic mass is 16.5. The van der Waals surface area contributed by atoms with Crippen LogP contribution in [0.15, 0.2) is 0 Å². The Morgan fingerprint density at radius 1 is 1.18 bits per heavy atom. The molecule has 0 bridgehead atoms. The van der Waals surface area contributed by atoms with E-state index in [9.17, 15) is 0 Å². The van der Waals surface area contributed by atoms with Gasteiger partial charge >= 0.3 is 0 Å². The number of ether oxygens (including phenoxy) is 1. The van der Waals surface area contributed by atoms with Crippen LogP contribution in [0, 0.1) is 11.3 Å². The standard InChI is InChI=1S/C15H31NO/c1-3-5-11-17-12-10-15(13-16)8-6-14(4-2)7-9-15/h14H,3-13,16H2,1-2H3. The third-order valence-corrected chi connectivity index (χ3v) is 4.60. The Kier molecular flexibility index (Phi) is 7.14. The molecule has 0 aromatic heterocycles. The van der Waals surface area contributed by atoms with E-state index in [1.54, 1.807) is 0 Å². The van der Waals surface area contributed by atoms with Gasteiger partial charge in [0, 0.05) is 13.2 Å². The van der Waals surface area contributed by atoms with Crippen molar-refractivity contribution in [2.45, 2.75) is 65.2 Å². The van der Waals surface area contributed by atoms with E-state index in [-0.39, 0.29) is 0 Å². The van der Waals surface area contributed by atoms with E-state index in [1.165, 1.54) is 51.4 Å². The highest BCUT2D eigenvalue weighted by molar-refractivity contribution is 4.86. The molecular formula is C15H31NO. The highest BCUT2D eigenvalue weighted by Gasteiger charge is 2.33. The maximum Gasteiger partial charge on any atom is 0.0471 e. The van der Waals surface area contributed by atoms with Gasteiger partial charge in [0.2, 0.25) is 0 Å². The van der Waals surface area contributed by atoms with Crippen LogP contribution in [0.5, 0.6) is 0 Å². The average molecular weight is 241 g/mol. The Labute approximate surface area is 107 Å². The molecule has 0 aromatic rings. The Bertz CT molecular complexity index is 185. The molecule has 102 valence electrons. The van der Waals surface area contributed by atoms with Gasteiger partial charge in [0.1, 0.15) is 0 Å². The zero-order valence-electron chi connectivity index (χ0n) is 11.8. The lowest BCUT2D eigenvalue weighted by Crippen LogP contribution is -2.36. The minimum Gasteiger partial charge on any atom is -0.381 e. The second kappa shape index (κ2) is 8.10. The van der Waals surface area contributed by atoms with Gasteiger partial charge in [-0.15, -0.1) is 0 Å². The monoisotopic (exact) mass is 241 g/mol. The van der Waals surface area contributed by atoms with Gasteiger partial charge < -0.3 is 10.5 Å². The zero-order valence-corrected chi connectivity index (χ0v) is 11.8. The van der Waals surface area contributed by atoms with Gasteiger partial charge in [-0.2, -0.15) is 0 Å². The van der Waals surface area contributed by atoms with Crippen molar-refractivity contribution in [3.05, 3.63) is 0 Å². The van der Waals surface area contributed by atoms with E-state index in [1.807, 2.05) is 0 Å². The topological polar surface area (TPSA) is 35.2 Å². The van der Waals surface area contributed by atoms with Crippen molar-refractivity contribution >= 4 is 0 Å². The van der Waals surface area contributed by atoms with Gasteiger partial charge in [0.05, 0.1) is 0 Å². The van der Waals surface area contributed by atoms with Gasteiger partial charge in [-0.05, 0) is 56.4 Å². The fourth-order valence-electron chi connectivity index (χ4n) is 2.89. The Morgan fingerprint density at radius 3 is 2.41 bits per heavy atom. The summed E-state index contributed by atoms with van der Waals surface area (Å²) >= 11 is 0. The summed E-state index contributed by atoms with van der Waals surface area (Å²) in [5.41, 5.74) is 6.41. The molecule has 1 saturated carbocycles. The van der Waals surface area contributed by atoms with E-state index < -0.39 is 0 Å². The highest BCUT2D eigenvalue weighted by Crippen LogP contribution is 2.41. The average Bonchev–Trinajstić information content (AvgIpc) is 2.39. The van der Waals surface area contributed by atoms with E-state index >= 15 is 0 Å². The number of rotatable bonds is 8. The van der Waals surface area contributed by atoms with Crippen molar-refractivity contribution in [2.24, 2.45) is 17.1 Å². The second-order valence-corrected chi connectivity index (χ2v) is 5.77. The quantitative estimate of drug-likeness (QED) is 0.657. The fraction of sp³-hybridized carbons (Fsp3) is 1.00. The van der Waals surface area contributed by atoms with Crippen molar-refractivity contribution < 1.29 is 4.74 Å². The molecule has 0 unspecified atom stereocenters. The number of hydrogen-bond acceptors (Lipinski definition) is 2. The molecule has 0 heterocycles. The minimum atomic E-state index is 0.401. The van der Waals surface area contributed by atoms with Crippen molar-refractivity contribution in [1.82, 2.24) is 0 Å². The van der Waals surface area contributed by atoms with Crippen LogP contribution >= 0.6 is 0 Å². The third kappa shape index (κ3) is 4.97. The van der Waals surface area contributed by atoms with E-state index in [2.05, 4.69) is 13.8 Å². The molecule has 0 saturated heterocycles. The minimum absolute atomic E-state index is 0.401. The van der Waals surface area contributed by atoms with Crippen LogP contribution in [-0.2, 0) is 4.74 Å². The molecule has 1 fully saturated rings. The summed E-state index contributed by atoms with van der Waals surface area (Å²) in [4.78, 5) is 0. The number of hydrogen-bond donors (Lipinski definition) is 1. The fourth-order valence-corrected chi connectivity index (χ4v) is 2.89. The summed E-state index contributed by atoms with van der Waals surface area (Å²) in [6.07, 6.45) is 10.3. The van der Waals surface area contributed by atoms with Crippen LogP contribution in [0.3, 0.4) is 0 Å². The lowest BCUT2D eigenvalue weighted by Gasteiger charge is -2.39. The van der Waals surface area contributed by atoms with E-state index in [4.69, 9.17) is 10.5 Å². The molecule has 17 heavy (non-hydrogen) atoms. The molecule has 0 amide bonds. The smallest absolute Gasteiger partial charge is 0.0471 e. The number of unbranched alkanes of at least 4 members (excludes halogenated alkanes) is 1. The van der Waals surface area contributed by atoms with Crippen LogP contribution in [-0.4, -0.2) is 19.8 Å². The molecule has 0 spiro atoms. The summed E-state index contributed by atoms with van der Waals surface area (Å²) in [7, 11) is 0. The van der Waals surface area contributed by atoms with E-state index in [0.29, 0.717) is 5.41 Å². The van der Waals surface area contributed by atoms with Crippen LogP contribution in [0.2, 0.25) is 0 Å². The maximum atomic E-state index is 6.01. The first-order valence-electron chi connectivity index (χ1n) is 7.54. The zero-order chi connectivity index (χ0) is 12.6. The molecule has 0 atom stereocenters. The van der Waals surface area contributed by atoms with Crippen molar-refractivity contribution in [1.29, 1.82) is 0 Å². The van der Waals surface area contributed by atoms with Gasteiger partial charge in [-0.1, -0.05) is 26.7 Å². The molecule has 1 aliphatic rings. The van der Waals surface area contributed by atoms with Crippen LogP contribution in [0.25, 0.3) is 0 Å². The van der Waals surface area contributed by atoms with Crippen molar-refractivity contribution in [2.75, 3.05) is 19.8 Å². The Morgan fingerprint density at radius 2 is 1.88 bits per heavy atom. The molecule has 1 rings (SSSR count). The molecule has 2 heteroatoms. The normalized spacial score (nSPS) is 29.5. The lowest BCUT2D eigenvalue weighted by molar-refractivity contribution is 0.0658. The van der Waals surface area contributed by atoms with Crippen molar-refractivity contribution in [3.63, 3.8) is 0 Å². The first kappa shape index (κ1) is 15.0. The molecule has 0 radical (unpaired) electrons. The molecule has 2 N–H and O–H groups in total. The molecule has 2 nitrogen and oxygen atoms in total. The number of nitrogens with two attached hydrogens (primary N) is 1. The molecule has 0 aromatic carbocycles. The summed E-state index contributed by atoms with van der Waals surface area (Å²) < 4.78 is 5.70. The largest absolute Gasteiger partial charge is 0.381 e. The van der Waals surface area contributed by atoms with Gasteiger partial charge in [-0.3, -0.25) is 0 Å². The predicted molar refractivity (Wildman–Crippen MR) is 74.1 cm³/mol. The van der Waals surface area contributed by atoms with Crippen molar-refractivity contribution in [3.8, 4) is 0 Å². The molecular weight excluding hydrogens is 210 g/mol. The van der Waals surface area contributed by atoms with Crippen LogP contribution < -0.4 is 5.73 Å². The summed E-state index contributed by atoms with van der Waals surface area (Å²) in [5, 5.41) is 0.